The van der Waals surface area contributed by atoms with E-state index >= 15 is 0 Å². The zero-order valence-electron chi connectivity index (χ0n) is 15.5. The van der Waals surface area contributed by atoms with Crippen molar-refractivity contribution in [3.05, 3.63) is 53.6 Å². The summed E-state index contributed by atoms with van der Waals surface area (Å²) in [5.41, 5.74) is 3.23. The van der Waals surface area contributed by atoms with Crippen LogP contribution < -0.4 is 9.64 Å². The molecule has 0 aliphatic carbocycles. The Hall–Kier alpha value is -2.26. The van der Waals surface area contributed by atoms with Crippen LogP contribution in [0.2, 0.25) is 0 Å². The number of para-hydroxylation sites is 1. The molecular weight excluding hydrogens is 393 g/mol. The first-order chi connectivity index (χ1) is 13.1. The van der Waals surface area contributed by atoms with Crippen molar-refractivity contribution in [2.45, 2.75) is 25.1 Å². The van der Waals surface area contributed by atoms with Crippen molar-refractivity contribution >= 4 is 15.7 Å². The molecule has 9 heteroatoms. The van der Waals surface area contributed by atoms with Crippen molar-refractivity contribution in [2.24, 2.45) is 0 Å². The fourth-order valence-corrected chi connectivity index (χ4v) is 4.78. The van der Waals surface area contributed by atoms with Crippen molar-refractivity contribution in [3.8, 4) is 5.75 Å². The quantitative estimate of drug-likeness (QED) is 0.765. The highest BCUT2D eigenvalue weighted by atomic mass is 32.2. The number of anilines is 1. The van der Waals surface area contributed by atoms with Gasteiger partial charge in [-0.1, -0.05) is 24.3 Å². The van der Waals surface area contributed by atoms with Crippen molar-refractivity contribution in [1.82, 2.24) is 4.31 Å². The molecule has 3 rings (SSSR count). The number of piperazine rings is 1. The number of hydrogen-bond acceptors (Lipinski definition) is 4. The molecule has 2 aromatic carbocycles. The van der Waals surface area contributed by atoms with Gasteiger partial charge in [0, 0.05) is 31.9 Å². The minimum absolute atomic E-state index is 0.177. The summed E-state index contributed by atoms with van der Waals surface area (Å²) in [4.78, 5) is 1.61. The highest BCUT2D eigenvalue weighted by Gasteiger charge is 2.36. The van der Waals surface area contributed by atoms with E-state index in [0.29, 0.717) is 13.1 Å². The van der Waals surface area contributed by atoms with E-state index in [1.54, 1.807) is 0 Å². The fraction of sp³-hybridized carbons (Fsp3) is 0.368. The Morgan fingerprint density at radius 1 is 0.964 bits per heavy atom. The molecule has 0 N–H and O–H groups in total. The zero-order valence-corrected chi connectivity index (χ0v) is 16.3. The molecule has 0 radical (unpaired) electrons. The predicted octanol–water partition coefficient (Wildman–Crippen LogP) is 3.71. The van der Waals surface area contributed by atoms with Crippen LogP contribution in [0.25, 0.3) is 0 Å². The van der Waals surface area contributed by atoms with Crippen molar-refractivity contribution in [2.75, 3.05) is 31.1 Å². The van der Waals surface area contributed by atoms with Crippen LogP contribution in [0.5, 0.6) is 5.75 Å². The molecule has 0 bridgehead atoms. The molecule has 0 spiro atoms. The molecule has 2 aromatic rings. The molecule has 1 aliphatic heterocycles. The number of alkyl halides is 3. The van der Waals surface area contributed by atoms with Gasteiger partial charge in [0.15, 0.2) is 0 Å². The van der Waals surface area contributed by atoms with Crippen LogP contribution in [0.15, 0.2) is 47.4 Å². The second-order valence-electron chi connectivity index (χ2n) is 6.68. The number of rotatable bonds is 4. The van der Waals surface area contributed by atoms with Gasteiger partial charge in [-0.25, -0.2) is 8.42 Å². The lowest BCUT2D eigenvalue weighted by Crippen LogP contribution is -2.49. The molecule has 1 saturated heterocycles. The second-order valence-corrected chi connectivity index (χ2v) is 8.58. The summed E-state index contributed by atoms with van der Waals surface area (Å²) in [7, 11) is -4.11. The van der Waals surface area contributed by atoms with E-state index in [4.69, 9.17) is 0 Å². The fourth-order valence-electron chi connectivity index (χ4n) is 3.24. The molecular formula is C19H21F3N2O3S. The van der Waals surface area contributed by atoms with Crippen molar-refractivity contribution in [1.29, 1.82) is 0 Å². The SMILES string of the molecule is Cc1ccc(C)c(N2CCN(S(=O)(=O)c3ccccc3OC(F)(F)F)CC2)c1. The van der Waals surface area contributed by atoms with E-state index in [0.717, 1.165) is 28.9 Å². The van der Waals surface area contributed by atoms with Gasteiger partial charge in [-0.2, -0.15) is 4.31 Å². The van der Waals surface area contributed by atoms with Gasteiger partial charge in [0.25, 0.3) is 0 Å². The largest absolute Gasteiger partial charge is 0.573 e. The number of nitrogens with zero attached hydrogens (tertiary/aromatic N) is 2. The average molecular weight is 414 g/mol. The van der Waals surface area contributed by atoms with Gasteiger partial charge < -0.3 is 9.64 Å². The first kappa shape index (κ1) is 20.5. The van der Waals surface area contributed by atoms with Gasteiger partial charge in [0.1, 0.15) is 10.6 Å². The molecule has 28 heavy (non-hydrogen) atoms. The number of ether oxygens (including phenoxy) is 1. The monoisotopic (exact) mass is 414 g/mol. The molecule has 0 aromatic heterocycles. The van der Waals surface area contributed by atoms with Crippen LogP contribution in [0.4, 0.5) is 18.9 Å². The summed E-state index contributed by atoms with van der Waals surface area (Å²) >= 11 is 0. The van der Waals surface area contributed by atoms with Gasteiger partial charge in [0.05, 0.1) is 0 Å². The Morgan fingerprint density at radius 3 is 2.25 bits per heavy atom. The molecule has 1 heterocycles. The Kier molecular flexibility index (Phi) is 5.58. The summed E-state index contributed by atoms with van der Waals surface area (Å²) in [6.07, 6.45) is -4.97. The van der Waals surface area contributed by atoms with E-state index in [1.807, 2.05) is 32.0 Å². The van der Waals surface area contributed by atoms with Crippen molar-refractivity contribution < 1.29 is 26.3 Å². The maximum atomic E-state index is 12.9. The van der Waals surface area contributed by atoms with Crippen LogP contribution in [0.1, 0.15) is 11.1 Å². The molecule has 0 amide bonds. The standard InChI is InChI=1S/C19H21F3N2O3S/c1-14-7-8-15(2)16(13-14)23-9-11-24(12-10-23)28(25,26)18-6-4-3-5-17(18)27-19(20,21)22/h3-8,13H,9-12H2,1-2H3. The Labute approximate surface area is 162 Å². The molecule has 152 valence electrons. The number of hydrogen-bond donors (Lipinski definition) is 0. The molecule has 0 atom stereocenters. The second kappa shape index (κ2) is 7.63. The average Bonchev–Trinajstić information content (AvgIpc) is 2.63. The maximum Gasteiger partial charge on any atom is 0.573 e. The summed E-state index contributed by atoms with van der Waals surface area (Å²) in [5, 5.41) is 0. The highest BCUT2D eigenvalue weighted by Crippen LogP contribution is 2.32. The van der Waals surface area contributed by atoms with E-state index in [2.05, 4.69) is 9.64 Å². The Morgan fingerprint density at radius 2 is 1.61 bits per heavy atom. The molecule has 0 unspecified atom stereocenters. The summed E-state index contributed by atoms with van der Waals surface area (Å²) < 4.78 is 68.8. The lowest BCUT2D eigenvalue weighted by Gasteiger charge is -2.36. The Balaban J connectivity index is 1.80. The lowest BCUT2D eigenvalue weighted by atomic mass is 10.1. The molecule has 5 nitrogen and oxygen atoms in total. The van der Waals surface area contributed by atoms with E-state index in [1.165, 1.54) is 16.4 Å². The topological polar surface area (TPSA) is 49.9 Å². The van der Waals surface area contributed by atoms with E-state index in [-0.39, 0.29) is 13.1 Å². The minimum Gasteiger partial charge on any atom is -0.404 e. The number of sulfonamides is 1. The van der Waals surface area contributed by atoms with Crippen LogP contribution in [-0.2, 0) is 10.0 Å². The first-order valence-corrected chi connectivity index (χ1v) is 10.2. The number of benzene rings is 2. The molecule has 0 saturated carbocycles. The van der Waals surface area contributed by atoms with Gasteiger partial charge in [0.2, 0.25) is 10.0 Å². The molecule has 1 fully saturated rings. The van der Waals surface area contributed by atoms with Gasteiger partial charge >= 0.3 is 6.36 Å². The number of halogens is 3. The van der Waals surface area contributed by atoms with Crippen LogP contribution >= 0.6 is 0 Å². The smallest absolute Gasteiger partial charge is 0.404 e. The van der Waals surface area contributed by atoms with Gasteiger partial charge in [-0.05, 0) is 43.2 Å². The predicted molar refractivity (Wildman–Crippen MR) is 100 cm³/mol. The normalized spacial score (nSPS) is 16.2. The third-order valence-electron chi connectivity index (χ3n) is 4.64. The van der Waals surface area contributed by atoms with Crippen LogP contribution in [0.3, 0.4) is 0 Å². The first-order valence-electron chi connectivity index (χ1n) is 8.75. The Bertz CT molecular complexity index is 953. The minimum atomic E-state index is -4.97. The van der Waals surface area contributed by atoms with Gasteiger partial charge in [-0.3, -0.25) is 0 Å². The number of aryl methyl sites for hydroxylation is 2. The third kappa shape index (κ3) is 4.41. The highest BCUT2D eigenvalue weighted by molar-refractivity contribution is 7.89. The summed E-state index contributed by atoms with van der Waals surface area (Å²) in [6.45, 7) is 5.23. The molecule has 1 aliphatic rings. The zero-order chi connectivity index (χ0) is 20.5. The maximum absolute atomic E-state index is 12.9. The van der Waals surface area contributed by atoms with E-state index < -0.39 is 27.0 Å². The van der Waals surface area contributed by atoms with Crippen molar-refractivity contribution in [3.63, 3.8) is 0 Å². The van der Waals surface area contributed by atoms with E-state index in [9.17, 15) is 21.6 Å². The summed E-state index contributed by atoms with van der Waals surface area (Å²) in [5.74, 6) is -0.716. The summed E-state index contributed by atoms with van der Waals surface area (Å²) in [6, 6.07) is 10.9. The van der Waals surface area contributed by atoms with Crippen LogP contribution in [-0.4, -0.2) is 45.3 Å². The third-order valence-corrected chi connectivity index (χ3v) is 6.57. The van der Waals surface area contributed by atoms with Crippen LogP contribution in [0, 0.1) is 13.8 Å². The lowest BCUT2D eigenvalue weighted by molar-refractivity contribution is -0.275. The van der Waals surface area contributed by atoms with Gasteiger partial charge in [-0.15, -0.1) is 13.2 Å².